The van der Waals surface area contributed by atoms with Gasteiger partial charge in [-0.15, -0.1) is 0 Å². The van der Waals surface area contributed by atoms with Gasteiger partial charge in [0, 0.05) is 29.3 Å². The van der Waals surface area contributed by atoms with Crippen molar-refractivity contribution in [3.05, 3.63) is 45.1 Å². The van der Waals surface area contributed by atoms with Gasteiger partial charge in [0.25, 0.3) is 0 Å². The first-order valence-electron chi connectivity index (χ1n) is 7.89. The van der Waals surface area contributed by atoms with Gasteiger partial charge in [-0.05, 0) is 36.5 Å². The summed E-state index contributed by atoms with van der Waals surface area (Å²) in [5.74, 6) is -0.721. The maximum atomic E-state index is 12.9. The lowest BCUT2D eigenvalue weighted by Crippen LogP contribution is -2.35. The van der Waals surface area contributed by atoms with Gasteiger partial charge < -0.3 is 0 Å². The standard InChI is InChI=1S/C19H18Cl2N2O/c1-10-12(9-22)17(11-4-5-13(20)14(21)6-11)18-15(23-10)7-19(2,3)8-16(18)24/h4-6,12,17H,7-8H2,1-3H3/t12?,17-/m0/s1. The fraction of sp³-hybridized carbons (Fsp3) is 0.421. The molecule has 1 aliphatic heterocycles. The van der Waals surface area contributed by atoms with Crippen LogP contribution in [0.1, 0.15) is 45.1 Å². The predicted octanol–water partition coefficient (Wildman–Crippen LogP) is 5.33. The van der Waals surface area contributed by atoms with Gasteiger partial charge in [-0.1, -0.05) is 43.1 Å². The molecule has 2 aliphatic rings. The summed E-state index contributed by atoms with van der Waals surface area (Å²) in [5.41, 5.74) is 2.96. The highest BCUT2D eigenvalue weighted by Crippen LogP contribution is 2.47. The van der Waals surface area contributed by atoms with E-state index in [9.17, 15) is 10.1 Å². The quantitative estimate of drug-likeness (QED) is 0.678. The summed E-state index contributed by atoms with van der Waals surface area (Å²) in [6.07, 6.45) is 1.21. The number of halogens is 2. The monoisotopic (exact) mass is 360 g/mol. The number of rotatable bonds is 1. The van der Waals surface area contributed by atoms with Crippen molar-refractivity contribution in [2.75, 3.05) is 0 Å². The average molecular weight is 361 g/mol. The van der Waals surface area contributed by atoms with Gasteiger partial charge in [0.05, 0.1) is 22.0 Å². The lowest BCUT2D eigenvalue weighted by molar-refractivity contribution is -0.118. The molecule has 0 N–H and O–H groups in total. The number of carbonyl (C=O) groups is 1. The molecule has 0 radical (unpaired) electrons. The minimum absolute atomic E-state index is 0.0776. The number of ketones is 1. The fourth-order valence-electron chi connectivity index (χ4n) is 3.68. The van der Waals surface area contributed by atoms with E-state index in [1.807, 2.05) is 13.0 Å². The molecule has 0 aromatic heterocycles. The van der Waals surface area contributed by atoms with Crippen LogP contribution in [0.5, 0.6) is 0 Å². The van der Waals surface area contributed by atoms with Crippen LogP contribution in [-0.2, 0) is 4.79 Å². The molecule has 1 aliphatic carbocycles. The first-order chi connectivity index (χ1) is 11.2. The first-order valence-corrected chi connectivity index (χ1v) is 8.65. The molecule has 3 rings (SSSR count). The Balaban J connectivity index is 2.19. The van der Waals surface area contributed by atoms with Crippen LogP contribution in [0, 0.1) is 22.7 Å². The summed E-state index contributed by atoms with van der Waals surface area (Å²) in [7, 11) is 0. The van der Waals surface area contributed by atoms with Crippen molar-refractivity contribution < 1.29 is 4.79 Å². The van der Waals surface area contributed by atoms with Crippen molar-refractivity contribution in [2.45, 2.75) is 39.5 Å². The molecular weight excluding hydrogens is 343 g/mol. The summed E-state index contributed by atoms with van der Waals surface area (Å²) in [5, 5.41) is 10.6. The Morgan fingerprint density at radius 2 is 1.96 bits per heavy atom. The molecule has 0 fully saturated rings. The Labute approximate surface area is 152 Å². The Morgan fingerprint density at radius 3 is 2.58 bits per heavy atom. The average Bonchev–Trinajstić information content (AvgIpc) is 2.47. The van der Waals surface area contributed by atoms with Crippen LogP contribution in [0.4, 0.5) is 0 Å². The lowest BCUT2D eigenvalue weighted by atomic mass is 9.67. The second-order valence-corrected chi connectivity index (χ2v) is 8.13. The van der Waals surface area contributed by atoms with Crippen LogP contribution < -0.4 is 0 Å². The zero-order valence-electron chi connectivity index (χ0n) is 13.9. The molecule has 5 heteroatoms. The van der Waals surface area contributed by atoms with Crippen LogP contribution in [0.3, 0.4) is 0 Å². The highest BCUT2D eigenvalue weighted by atomic mass is 35.5. The number of hydrogen-bond donors (Lipinski definition) is 0. The van der Waals surface area contributed by atoms with Crippen molar-refractivity contribution in [1.29, 1.82) is 5.26 Å². The highest BCUT2D eigenvalue weighted by Gasteiger charge is 2.43. The van der Waals surface area contributed by atoms with Gasteiger partial charge >= 0.3 is 0 Å². The molecule has 0 saturated heterocycles. The molecule has 124 valence electrons. The number of nitriles is 1. The molecule has 1 aromatic carbocycles. The van der Waals surface area contributed by atoms with E-state index in [0.29, 0.717) is 22.0 Å². The van der Waals surface area contributed by atoms with Crippen molar-refractivity contribution in [1.82, 2.24) is 0 Å². The van der Waals surface area contributed by atoms with Crippen molar-refractivity contribution in [3.63, 3.8) is 0 Å². The predicted molar refractivity (Wildman–Crippen MR) is 96.5 cm³/mol. The van der Waals surface area contributed by atoms with Gasteiger partial charge in [0.1, 0.15) is 0 Å². The number of hydrogen-bond acceptors (Lipinski definition) is 3. The second kappa shape index (κ2) is 6.02. The number of benzene rings is 1. The third kappa shape index (κ3) is 2.90. The summed E-state index contributed by atoms with van der Waals surface area (Å²) in [4.78, 5) is 17.5. The minimum atomic E-state index is -0.467. The van der Waals surface area contributed by atoms with Crippen LogP contribution >= 0.6 is 23.2 Å². The molecule has 3 nitrogen and oxygen atoms in total. The molecule has 0 saturated carbocycles. The number of aliphatic imine (C=N–C) groups is 1. The maximum absolute atomic E-state index is 12.9. The third-order valence-corrected chi connectivity index (χ3v) is 5.48. The van der Waals surface area contributed by atoms with Gasteiger partial charge in [0.2, 0.25) is 0 Å². The highest BCUT2D eigenvalue weighted by molar-refractivity contribution is 6.42. The Morgan fingerprint density at radius 1 is 1.25 bits per heavy atom. The van der Waals surface area contributed by atoms with E-state index in [2.05, 4.69) is 24.9 Å². The number of nitrogens with zero attached hydrogens (tertiary/aromatic N) is 2. The smallest absolute Gasteiger partial charge is 0.161 e. The van der Waals surface area contributed by atoms with Crippen molar-refractivity contribution >= 4 is 34.7 Å². The molecule has 0 spiro atoms. The molecular formula is C19H18Cl2N2O. The molecule has 24 heavy (non-hydrogen) atoms. The van der Waals surface area contributed by atoms with Crippen LogP contribution in [0.25, 0.3) is 0 Å². The van der Waals surface area contributed by atoms with E-state index < -0.39 is 5.92 Å². The molecule has 1 heterocycles. The van der Waals surface area contributed by atoms with Crippen molar-refractivity contribution in [2.24, 2.45) is 16.3 Å². The van der Waals surface area contributed by atoms with Crippen LogP contribution in [0.15, 0.2) is 34.5 Å². The summed E-state index contributed by atoms with van der Waals surface area (Å²) < 4.78 is 0. The van der Waals surface area contributed by atoms with Gasteiger partial charge in [-0.25, -0.2) is 0 Å². The van der Waals surface area contributed by atoms with Crippen molar-refractivity contribution in [3.8, 4) is 6.07 Å². The van der Waals surface area contributed by atoms with E-state index in [1.165, 1.54) is 0 Å². The normalized spacial score (nSPS) is 25.8. The lowest BCUT2D eigenvalue weighted by Gasteiger charge is -2.38. The topological polar surface area (TPSA) is 53.2 Å². The van der Waals surface area contributed by atoms with E-state index >= 15 is 0 Å². The zero-order valence-corrected chi connectivity index (χ0v) is 15.4. The maximum Gasteiger partial charge on any atom is 0.161 e. The number of allylic oxidation sites excluding steroid dienone is 2. The number of Topliss-reactive ketones (excluding diaryl/α,β-unsaturated/α-hetero) is 1. The van der Waals surface area contributed by atoms with E-state index in [0.717, 1.165) is 23.4 Å². The zero-order chi connectivity index (χ0) is 17.6. The molecule has 1 unspecified atom stereocenters. The molecule has 0 amide bonds. The molecule has 2 atom stereocenters. The summed E-state index contributed by atoms with van der Waals surface area (Å²) in [6, 6.07) is 7.64. The summed E-state index contributed by atoms with van der Waals surface area (Å²) >= 11 is 12.2. The Kier molecular flexibility index (Phi) is 4.32. The first kappa shape index (κ1) is 17.2. The minimum Gasteiger partial charge on any atom is -0.294 e. The van der Waals surface area contributed by atoms with Crippen LogP contribution in [0.2, 0.25) is 10.0 Å². The Bertz CT molecular complexity index is 830. The summed E-state index contributed by atoms with van der Waals surface area (Å²) in [6.45, 7) is 6.00. The van der Waals surface area contributed by atoms with Gasteiger partial charge in [-0.2, -0.15) is 5.26 Å². The molecule has 0 bridgehead atoms. The van der Waals surface area contributed by atoms with Crippen LogP contribution in [-0.4, -0.2) is 11.5 Å². The Hall–Kier alpha value is -1.63. The third-order valence-electron chi connectivity index (χ3n) is 4.74. The molecule has 1 aromatic rings. The van der Waals surface area contributed by atoms with E-state index in [1.54, 1.807) is 12.1 Å². The van der Waals surface area contributed by atoms with E-state index in [-0.39, 0.29) is 17.1 Å². The largest absolute Gasteiger partial charge is 0.294 e. The van der Waals surface area contributed by atoms with Gasteiger partial charge in [-0.3, -0.25) is 9.79 Å². The second-order valence-electron chi connectivity index (χ2n) is 7.31. The number of carbonyl (C=O) groups excluding carboxylic acids is 1. The van der Waals surface area contributed by atoms with E-state index in [4.69, 9.17) is 23.2 Å². The fourth-order valence-corrected chi connectivity index (χ4v) is 3.98. The SMILES string of the molecule is CC1=NC2=C(C(=O)CC(C)(C)C2)[C@@H](c2ccc(Cl)c(Cl)c2)C1C#N. The van der Waals surface area contributed by atoms with Gasteiger partial charge in [0.15, 0.2) is 5.78 Å².